The maximum atomic E-state index is 14.0. The molecule has 0 aliphatic carbocycles. The van der Waals surface area contributed by atoms with E-state index >= 15 is 0 Å². The van der Waals surface area contributed by atoms with Crippen LogP contribution in [0, 0.1) is 18.7 Å². The smallest absolute Gasteiger partial charge is 0.243 e. The zero-order valence-corrected chi connectivity index (χ0v) is 12.7. The van der Waals surface area contributed by atoms with E-state index in [1.165, 1.54) is 13.0 Å². The van der Waals surface area contributed by atoms with Crippen molar-refractivity contribution in [3.05, 3.63) is 23.5 Å². The third-order valence-corrected chi connectivity index (χ3v) is 4.57. The van der Waals surface area contributed by atoms with E-state index in [1.54, 1.807) is 0 Å². The van der Waals surface area contributed by atoms with Crippen molar-refractivity contribution >= 4 is 15.7 Å². The summed E-state index contributed by atoms with van der Waals surface area (Å²) >= 11 is 0. The number of hydrogen-bond donors (Lipinski definition) is 3. The van der Waals surface area contributed by atoms with Gasteiger partial charge in [0.2, 0.25) is 10.0 Å². The number of hydrogen-bond acceptors (Lipinski definition) is 4. The molecule has 0 spiro atoms. The number of halogens is 1. The standard InChI is InChI=1S/C13H21FN2O3S/c1-8(2)11(4-5-17)16-20(18,19)12-7-10(15)6-9(3)13(12)14/h6-8,11,16-17H,4-5,15H2,1-3H3. The fraction of sp³-hybridized carbons (Fsp3) is 0.538. The van der Waals surface area contributed by atoms with Crippen molar-refractivity contribution in [3.63, 3.8) is 0 Å². The van der Waals surface area contributed by atoms with Gasteiger partial charge in [-0.3, -0.25) is 0 Å². The second-order valence-electron chi connectivity index (χ2n) is 5.13. The van der Waals surface area contributed by atoms with Crippen molar-refractivity contribution < 1.29 is 17.9 Å². The zero-order chi connectivity index (χ0) is 15.5. The van der Waals surface area contributed by atoms with E-state index < -0.39 is 26.8 Å². The third kappa shape index (κ3) is 3.91. The third-order valence-electron chi connectivity index (χ3n) is 3.08. The van der Waals surface area contributed by atoms with Gasteiger partial charge in [-0.25, -0.2) is 17.5 Å². The van der Waals surface area contributed by atoms with E-state index in [9.17, 15) is 12.8 Å². The van der Waals surface area contributed by atoms with E-state index in [-0.39, 0.29) is 30.2 Å². The van der Waals surface area contributed by atoms with Crippen LogP contribution >= 0.6 is 0 Å². The minimum absolute atomic E-state index is 0.0258. The quantitative estimate of drug-likeness (QED) is 0.693. The number of aliphatic hydroxyl groups is 1. The summed E-state index contributed by atoms with van der Waals surface area (Å²) < 4.78 is 40.9. The first-order valence-corrected chi connectivity index (χ1v) is 7.86. The number of aliphatic hydroxyl groups excluding tert-OH is 1. The summed E-state index contributed by atoms with van der Waals surface area (Å²) in [5.74, 6) is -0.833. The van der Waals surface area contributed by atoms with Gasteiger partial charge in [-0.2, -0.15) is 0 Å². The Balaban J connectivity index is 3.17. The Morgan fingerprint density at radius 3 is 2.50 bits per heavy atom. The number of anilines is 1. The fourth-order valence-corrected chi connectivity index (χ4v) is 3.49. The van der Waals surface area contributed by atoms with Gasteiger partial charge in [-0.15, -0.1) is 0 Å². The molecule has 0 heterocycles. The largest absolute Gasteiger partial charge is 0.399 e. The van der Waals surface area contributed by atoms with Crippen LogP contribution in [0.1, 0.15) is 25.8 Å². The van der Waals surface area contributed by atoms with E-state index in [2.05, 4.69) is 4.72 Å². The van der Waals surface area contributed by atoms with Crippen molar-refractivity contribution in [2.75, 3.05) is 12.3 Å². The van der Waals surface area contributed by atoms with Gasteiger partial charge in [0.15, 0.2) is 0 Å². The number of nitrogens with one attached hydrogen (secondary N) is 1. The highest BCUT2D eigenvalue weighted by atomic mass is 32.2. The van der Waals surface area contributed by atoms with Crippen LogP contribution in [0.15, 0.2) is 17.0 Å². The highest BCUT2D eigenvalue weighted by Gasteiger charge is 2.26. The molecule has 0 fully saturated rings. The Labute approximate surface area is 119 Å². The Morgan fingerprint density at radius 2 is 2.00 bits per heavy atom. The van der Waals surface area contributed by atoms with Crippen LogP contribution in [0.5, 0.6) is 0 Å². The van der Waals surface area contributed by atoms with Crippen molar-refractivity contribution in [1.82, 2.24) is 4.72 Å². The van der Waals surface area contributed by atoms with Crippen LogP contribution in [-0.2, 0) is 10.0 Å². The number of rotatable bonds is 6. The predicted octanol–water partition coefficient (Wildman–Crippen LogP) is 1.40. The predicted molar refractivity (Wildman–Crippen MR) is 76.2 cm³/mol. The molecule has 4 N–H and O–H groups in total. The van der Waals surface area contributed by atoms with Gasteiger partial charge in [-0.05, 0) is 37.0 Å². The van der Waals surface area contributed by atoms with Gasteiger partial charge in [0.25, 0.3) is 0 Å². The molecule has 0 bridgehead atoms. The highest BCUT2D eigenvalue weighted by Crippen LogP contribution is 2.22. The van der Waals surface area contributed by atoms with Gasteiger partial charge in [-0.1, -0.05) is 13.8 Å². The monoisotopic (exact) mass is 304 g/mol. The second kappa shape index (κ2) is 6.51. The van der Waals surface area contributed by atoms with Crippen LogP contribution in [0.2, 0.25) is 0 Å². The topological polar surface area (TPSA) is 92.4 Å². The molecule has 0 saturated carbocycles. The van der Waals surface area contributed by atoms with Gasteiger partial charge in [0.05, 0.1) is 0 Å². The van der Waals surface area contributed by atoms with Crippen LogP contribution in [0.25, 0.3) is 0 Å². The molecular formula is C13H21FN2O3S. The maximum absolute atomic E-state index is 14.0. The van der Waals surface area contributed by atoms with E-state index in [1.807, 2.05) is 13.8 Å². The first-order chi connectivity index (χ1) is 9.19. The molecule has 0 radical (unpaired) electrons. The lowest BCUT2D eigenvalue weighted by Gasteiger charge is -2.21. The summed E-state index contributed by atoms with van der Waals surface area (Å²) in [6.45, 7) is 4.95. The van der Waals surface area contributed by atoms with Crippen molar-refractivity contribution in [1.29, 1.82) is 0 Å². The molecule has 0 aliphatic rings. The van der Waals surface area contributed by atoms with Gasteiger partial charge >= 0.3 is 0 Å². The molecular weight excluding hydrogens is 283 g/mol. The Bertz CT molecular complexity index is 573. The molecule has 5 nitrogen and oxygen atoms in total. The second-order valence-corrected chi connectivity index (χ2v) is 6.82. The van der Waals surface area contributed by atoms with Crippen LogP contribution < -0.4 is 10.5 Å². The lowest BCUT2D eigenvalue weighted by molar-refractivity contribution is 0.256. The minimum atomic E-state index is -4.02. The molecule has 1 aromatic rings. The molecule has 20 heavy (non-hydrogen) atoms. The summed E-state index contributed by atoms with van der Waals surface area (Å²) in [4.78, 5) is -0.460. The van der Waals surface area contributed by atoms with Gasteiger partial charge in [0, 0.05) is 18.3 Å². The lowest BCUT2D eigenvalue weighted by Crippen LogP contribution is -2.39. The Hall–Kier alpha value is -1.18. The summed E-state index contributed by atoms with van der Waals surface area (Å²) in [6, 6.07) is 2.01. The van der Waals surface area contributed by atoms with Crippen molar-refractivity contribution in [3.8, 4) is 0 Å². The van der Waals surface area contributed by atoms with E-state index in [0.29, 0.717) is 0 Å². The zero-order valence-electron chi connectivity index (χ0n) is 11.9. The maximum Gasteiger partial charge on any atom is 0.243 e. The molecule has 0 aliphatic heterocycles. The SMILES string of the molecule is Cc1cc(N)cc(S(=O)(=O)NC(CCO)C(C)C)c1F. The van der Waals surface area contributed by atoms with Gasteiger partial charge in [0.1, 0.15) is 10.7 Å². The van der Waals surface area contributed by atoms with Gasteiger partial charge < -0.3 is 10.8 Å². The summed E-state index contributed by atoms with van der Waals surface area (Å²) in [5, 5.41) is 8.97. The van der Waals surface area contributed by atoms with Crippen LogP contribution in [0.3, 0.4) is 0 Å². The molecule has 0 aromatic heterocycles. The first-order valence-electron chi connectivity index (χ1n) is 6.38. The molecule has 7 heteroatoms. The minimum Gasteiger partial charge on any atom is -0.399 e. The number of nitrogen functional groups attached to an aromatic ring is 1. The molecule has 1 unspecified atom stereocenters. The van der Waals surface area contributed by atoms with E-state index in [0.717, 1.165) is 6.07 Å². The molecule has 0 amide bonds. The molecule has 114 valence electrons. The normalized spacial score (nSPS) is 13.7. The molecule has 1 aromatic carbocycles. The number of nitrogens with two attached hydrogens (primary N) is 1. The number of benzene rings is 1. The highest BCUT2D eigenvalue weighted by molar-refractivity contribution is 7.89. The van der Waals surface area contributed by atoms with Crippen LogP contribution in [0.4, 0.5) is 10.1 Å². The van der Waals surface area contributed by atoms with E-state index in [4.69, 9.17) is 10.8 Å². The molecule has 1 atom stereocenters. The van der Waals surface area contributed by atoms with Crippen molar-refractivity contribution in [2.45, 2.75) is 38.1 Å². The number of sulfonamides is 1. The molecule has 1 rings (SSSR count). The molecule has 0 saturated heterocycles. The first kappa shape index (κ1) is 16.9. The summed E-state index contributed by atoms with van der Waals surface area (Å²) in [6.07, 6.45) is 0.264. The average Bonchev–Trinajstić information content (AvgIpc) is 2.32. The van der Waals surface area contributed by atoms with Crippen molar-refractivity contribution in [2.24, 2.45) is 5.92 Å². The lowest BCUT2D eigenvalue weighted by atomic mass is 10.0. The summed E-state index contributed by atoms with van der Waals surface area (Å²) in [5.41, 5.74) is 5.94. The Kier molecular flexibility index (Phi) is 5.50. The average molecular weight is 304 g/mol. The number of aryl methyl sites for hydroxylation is 1. The fourth-order valence-electron chi connectivity index (χ4n) is 1.89. The van der Waals surface area contributed by atoms with Crippen LogP contribution in [-0.4, -0.2) is 26.2 Å². The Morgan fingerprint density at radius 1 is 1.40 bits per heavy atom. The summed E-state index contributed by atoms with van der Waals surface area (Å²) in [7, 11) is -4.02.